The Morgan fingerprint density at radius 1 is 1.29 bits per heavy atom. The summed E-state index contributed by atoms with van der Waals surface area (Å²) >= 11 is 0. The van der Waals surface area contributed by atoms with Crippen LogP contribution in [0, 0.1) is 5.82 Å². The molecule has 2 aromatic heterocycles. The van der Waals surface area contributed by atoms with E-state index in [1.54, 1.807) is 6.07 Å². The van der Waals surface area contributed by atoms with Crippen LogP contribution in [0.2, 0.25) is 0 Å². The molecule has 8 heteroatoms. The number of fused-ring (bicyclic) bond motifs is 1. The van der Waals surface area contributed by atoms with Gasteiger partial charge >= 0.3 is 0 Å². The largest absolute Gasteiger partial charge is 0.485 e. The van der Waals surface area contributed by atoms with Gasteiger partial charge in [0, 0.05) is 12.2 Å². The summed E-state index contributed by atoms with van der Waals surface area (Å²) in [7, 11) is 0. The molecular formula is C16H19FN6O. The summed E-state index contributed by atoms with van der Waals surface area (Å²) in [6.07, 6.45) is 6.33. The molecule has 0 radical (unpaired) electrons. The molecule has 7 nitrogen and oxygen atoms in total. The third kappa shape index (κ3) is 2.84. The maximum absolute atomic E-state index is 13.8. The maximum Gasteiger partial charge on any atom is 0.205 e. The van der Waals surface area contributed by atoms with Crippen LogP contribution in [0.4, 0.5) is 21.7 Å². The molecule has 4 heterocycles. The smallest absolute Gasteiger partial charge is 0.205 e. The van der Waals surface area contributed by atoms with Crippen molar-refractivity contribution in [3.8, 4) is 5.75 Å². The van der Waals surface area contributed by atoms with E-state index in [0.29, 0.717) is 29.9 Å². The highest BCUT2D eigenvalue weighted by atomic mass is 19.1. The molecule has 1 saturated heterocycles. The van der Waals surface area contributed by atoms with Crippen LogP contribution >= 0.6 is 0 Å². The third-order valence-electron chi connectivity index (χ3n) is 4.41. The Bertz CT molecular complexity index is 721. The zero-order valence-corrected chi connectivity index (χ0v) is 13.2. The molecule has 0 aromatic carbocycles. The topological polar surface area (TPSA) is 75.2 Å². The Labute approximate surface area is 139 Å². The fraction of sp³-hybridized carbons (Fsp3) is 0.438. The molecular weight excluding hydrogens is 311 g/mol. The standard InChI is InChI=1S/C16H19FN6O/c17-12-9-19-6-3-13(12)22-15-14-16(21-10-20-15)23(7-8-24-14)11-1-4-18-5-2-11/h3,6,9-11,18H,1-2,4-5,7-8H2,(H,19,20,21,22). The number of nitrogens with one attached hydrogen (secondary N) is 2. The molecule has 0 aliphatic carbocycles. The molecule has 0 amide bonds. The van der Waals surface area contributed by atoms with Gasteiger partial charge in [0.25, 0.3) is 0 Å². The fourth-order valence-corrected chi connectivity index (χ4v) is 3.22. The highest BCUT2D eigenvalue weighted by Crippen LogP contribution is 2.38. The summed E-state index contributed by atoms with van der Waals surface area (Å²) in [6.45, 7) is 3.39. The first-order valence-electron chi connectivity index (χ1n) is 8.14. The molecule has 2 aliphatic rings. The van der Waals surface area contributed by atoms with E-state index in [2.05, 4.69) is 30.5 Å². The van der Waals surface area contributed by atoms with Crippen LogP contribution < -0.4 is 20.3 Å². The van der Waals surface area contributed by atoms with Crippen molar-refractivity contribution in [2.45, 2.75) is 18.9 Å². The van der Waals surface area contributed by atoms with E-state index in [0.717, 1.165) is 44.5 Å². The van der Waals surface area contributed by atoms with Gasteiger partial charge in [0.2, 0.25) is 5.75 Å². The van der Waals surface area contributed by atoms with Crippen LogP contribution in [-0.2, 0) is 0 Å². The summed E-state index contributed by atoms with van der Waals surface area (Å²) in [5.41, 5.74) is 0.313. The van der Waals surface area contributed by atoms with Crippen LogP contribution in [-0.4, -0.2) is 47.2 Å². The molecule has 1 fully saturated rings. The van der Waals surface area contributed by atoms with Crippen LogP contribution in [0.15, 0.2) is 24.8 Å². The van der Waals surface area contributed by atoms with Crippen molar-refractivity contribution >= 4 is 17.3 Å². The molecule has 0 bridgehead atoms. The van der Waals surface area contributed by atoms with Gasteiger partial charge in [-0.15, -0.1) is 0 Å². The quantitative estimate of drug-likeness (QED) is 0.887. The summed E-state index contributed by atoms with van der Waals surface area (Å²) in [5.74, 6) is 1.40. The molecule has 4 rings (SSSR count). The molecule has 0 spiro atoms. The number of rotatable bonds is 3. The van der Waals surface area contributed by atoms with E-state index >= 15 is 0 Å². The molecule has 126 valence electrons. The lowest BCUT2D eigenvalue weighted by Gasteiger charge is -2.38. The van der Waals surface area contributed by atoms with Gasteiger partial charge in [-0.2, -0.15) is 0 Å². The van der Waals surface area contributed by atoms with E-state index in [-0.39, 0.29) is 0 Å². The van der Waals surface area contributed by atoms with E-state index in [1.807, 2.05) is 0 Å². The van der Waals surface area contributed by atoms with Crippen LogP contribution in [0.5, 0.6) is 5.75 Å². The first-order valence-corrected chi connectivity index (χ1v) is 8.14. The third-order valence-corrected chi connectivity index (χ3v) is 4.41. The van der Waals surface area contributed by atoms with Crippen molar-refractivity contribution in [3.63, 3.8) is 0 Å². The highest BCUT2D eigenvalue weighted by molar-refractivity contribution is 5.71. The normalized spacial score (nSPS) is 18.0. The maximum atomic E-state index is 13.8. The molecule has 2 aromatic rings. The summed E-state index contributed by atoms with van der Waals surface area (Å²) < 4.78 is 19.7. The van der Waals surface area contributed by atoms with E-state index in [9.17, 15) is 4.39 Å². The van der Waals surface area contributed by atoms with E-state index in [1.165, 1.54) is 12.5 Å². The van der Waals surface area contributed by atoms with Gasteiger partial charge in [0.1, 0.15) is 12.9 Å². The molecule has 24 heavy (non-hydrogen) atoms. The number of nitrogens with zero attached hydrogens (tertiary/aromatic N) is 4. The average Bonchev–Trinajstić information content (AvgIpc) is 2.64. The van der Waals surface area contributed by atoms with Crippen molar-refractivity contribution in [2.24, 2.45) is 0 Å². The van der Waals surface area contributed by atoms with Crippen molar-refractivity contribution in [3.05, 3.63) is 30.6 Å². The fourth-order valence-electron chi connectivity index (χ4n) is 3.22. The van der Waals surface area contributed by atoms with Gasteiger partial charge in [-0.25, -0.2) is 14.4 Å². The van der Waals surface area contributed by atoms with Crippen molar-refractivity contribution < 1.29 is 9.13 Å². The minimum Gasteiger partial charge on any atom is -0.485 e. The number of halogens is 1. The minimum absolute atomic E-state index is 0.313. The first kappa shape index (κ1) is 15.1. The number of pyridine rings is 1. The molecule has 2 N–H and O–H groups in total. The zero-order valence-electron chi connectivity index (χ0n) is 13.2. The first-order chi connectivity index (χ1) is 11.8. The Balaban J connectivity index is 1.65. The number of hydrogen-bond acceptors (Lipinski definition) is 7. The lowest BCUT2D eigenvalue weighted by Crippen LogP contribution is -2.47. The van der Waals surface area contributed by atoms with Gasteiger partial charge < -0.3 is 20.3 Å². The SMILES string of the molecule is Fc1cnccc1Nc1ncnc2c1OCCN2C1CCNCC1. The van der Waals surface area contributed by atoms with Crippen LogP contribution in [0.1, 0.15) is 12.8 Å². The van der Waals surface area contributed by atoms with E-state index < -0.39 is 5.82 Å². The number of hydrogen-bond donors (Lipinski definition) is 2. The highest BCUT2D eigenvalue weighted by Gasteiger charge is 2.29. The van der Waals surface area contributed by atoms with Gasteiger partial charge in [-0.3, -0.25) is 4.98 Å². The summed E-state index contributed by atoms with van der Waals surface area (Å²) in [4.78, 5) is 14.7. The summed E-state index contributed by atoms with van der Waals surface area (Å²) in [6, 6.07) is 2.01. The Kier molecular flexibility index (Phi) is 4.12. The number of anilines is 3. The number of ether oxygens (including phenoxy) is 1. The predicted molar refractivity (Wildman–Crippen MR) is 88.2 cm³/mol. The second kappa shape index (κ2) is 6.56. The lowest BCUT2D eigenvalue weighted by molar-refractivity contribution is 0.288. The molecule has 0 atom stereocenters. The van der Waals surface area contributed by atoms with E-state index in [4.69, 9.17) is 4.74 Å². The van der Waals surface area contributed by atoms with Crippen molar-refractivity contribution in [1.29, 1.82) is 0 Å². The van der Waals surface area contributed by atoms with Crippen molar-refractivity contribution in [2.75, 3.05) is 36.5 Å². The molecule has 0 saturated carbocycles. The summed E-state index contributed by atoms with van der Waals surface area (Å²) in [5, 5.41) is 6.37. The Morgan fingerprint density at radius 3 is 3.00 bits per heavy atom. The van der Waals surface area contributed by atoms with Crippen molar-refractivity contribution in [1.82, 2.24) is 20.3 Å². The lowest BCUT2D eigenvalue weighted by atomic mass is 10.0. The van der Waals surface area contributed by atoms with Crippen LogP contribution in [0.25, 0.3) is 0 Å². The Hall–Kier alpha value is -2.48. The second-order valence-electron chi connectivity index (χ2n) is 5.88. The van der Waals surface area contributed by atoms with Gasteiger partial charge in [-0.1, -0.05) is 0 Å². The predicted octanol–water partition coefficient (Wildman–Crippen LogP) is 1.71. The molecule has 0 unspecified atom stereocenters. The van der Waals surface area contributed by atoms with Gasteiger partial charge in [0.05, 0.1) is 18.4 Å². The minimum atomic E-state index is -0.434. The average molecular weight is 330 g/mol. The molecule has 2 aliphatic heterocycles. The second-order valence-corrected chi connectivity index (χ2v) is 5.88. The Morgan fingerprint density at radius 2 is 2.17 bits per heavy atom. The number of aromatic nitrogens is 3. The zero-order chi connectivity index (χ0) is 16.4. The van der Waals surface area contributed by atoms with Gasteiger partial charge in [-0.05, 0) is 32.0 Å². The van der Waals surface area contributed by atoms with Gasteiger partial charge in [0.15, 0.2) is 17.5 Å². The van der Waals surface area contributed by atoms with Crippen LogP contribution in [0.3, 0.4) is 0 Å². The number of piperidine rings is 1. The monoisotopic (exact) mass is 330 g/mol.